The largest absolute Gasteiger partial charge is 0.0764 e. The minimum absolute atomic E-state index is 0.537. The third-order valence-electron chi connectivity index (χ3n) is 1.82. The molecule has 0 aromatic heterocycles. The average molecular weight is 129 g/mol. The number of allylic oxidation sites excluding steroid dienone is 8. The van der Waals surface area contributed by atoms with Gasteiger partial charge in [-0.2, -0.15) is 0 Å². The molecule has 0 spiro atoms. The van der Waals surface area contributed by atoms with Gasteiger partial charge in [-0.15, -0.1) is 0 Å². The first-order chi connectivity index (χ1) is 4.97. The highest BCUT2D eigenvalue weighted by Crippen LogP contribution is 2.26. The molecule has 0 fully saturated rings. The smallest absolute Gasteiger partial charge is 0.0300 e. The van der Waals surface area contributed by atoms with Crippen LogP contribution in [0.5, 0.6) is 0 Å². The summed E-state index contributed by atoms with van der Waals surface area (Å²) < 4.78 is 0. The van der Waals surface area contributed by atoms with Gasteiger partial charge in [0, 0.05) is 11.8 Å². The summed E-state index contributed by atoms with van der Waals surface area (Å²) >= 11 is 0. The summed E-state index contributed by atoms with van der Waals surface area (Å²) in [5.41, 5.74) is 0. The van der Waals surface area contributed by atoms with Crippen LogP contribution in [0.2, 0.25) is 0 Å². The summed E-state index contributed by atoms with van der Waals surface area (Å²) in [7, 11) is 0. The molecule has 49 valence electrons. The molecule has 0 saturated heterocycles. The summed E-state index contributed by atoms with van der Waals surface area (Å²) in [5, 5.41) is 0. The molecule has 0 amide bonds. The lowest BCUT2D eigenvalue weighted by molar-refractivity contribution is 0.939. The minimum Gasteiger partial charge on any atom is -0.0764 e. The van der Waals surface area contributed by atoms with Gasteiger partial charge in [0.2, 0.25) is 0 Å². The SMILES string of the molecule is C1=C[C](C2C=CC=C2)C=C1. The molecule has 2 rings (SSSR count). The molecule has 0 saturated carbocycles. The third-order valence-corrected chi connectivity index (χ3v) is 1.82. The monoisotopic (exact) mass is 129 g/mol. The molecule has 0 aromatic carbocycles. The van der Waals surface area contributed by atoms with Crippen LogP contribution in [-0.2, 0) is 0 Å². The van der Waals surface area contributed by atoms with Gasteiger partial charge < -0.3 is 0 Å². The van der Waals surface area contributed by atoms with Crippen LogP contribution in [-0.4, -0.2) is 0 Å². The first-order valence-corrected chi connectivity index (χ1v) is 3.53. The van der Waals surface area contributed by atoms with E-state index in [1.54, 1.807) is 0 Å². The Morgan fingerprint density at radius 1 is 0.800 bits per heavy atom. The molecule has 2 aliphatic carbocycles. The Kier molecular flexibility index (Phi) is 1.31. The van der Waals surface area contributed by atoms with Gasteiger partial charge in [0.05, 0.1) is 0 Å². The summed E-state index contributed by atoms with van der Waals surface area (Å²) in [6, 6.07) is 0. The van der Waals surface area contributed by atoms with Gasteiger partial charge in [-0.05, 0) is 0 Å². The van der Waals surface area contributed by atoms with Crippen molar-refractivity contribution < 1.29 is 0 Å². The molecule has 0 nitrogen and oxygen atoms in total. The molecule has 0 aliphatic heterocycles. The lowest BCUT2D eigenvalue weighted by Gasteiger charge is -2.07. The molecule has 0 aromatic rings. The minimum atomic E-state index is 0.537. The van der Waals surface area contributed by atoms with Crippen molar-refractivity contribution in [3.8, 4) is 0 Å². The van der Waals surface area contributed by atoms with Crippen LogP contribution in [0.3, 0.4) is 0 Å². The molecule has 1 radical (unpaired) electrons. The number of rotatable bonds is 1. The van der Waals surface area contributed by atoms with Gasteiger partial charge in [-0.1, -0.05) is 48.6 Å². The van der Waals surface area contributed by atoms with Crippen molar-refractivity contribution in [3.63, 3.8) is 0 Å². The van der Waals surface area contributed by atoms with E-state index < -0.39 is 0 Å². The number of hydrogen-bond acceptors (Lipinski definition) is 0. The van der Waals surface area contributed by atoms with Crippen molar-refractivity contribution in [1.29, 1.82) is 0 Å². The van der Waals surface area contributed by atoms with Gasteiger partial charge in [0.1, 0.15) is 0 Å². The van der Waals surface area contributed by atoms with E-state index in [9.17, 15) is 0 Å². The van der Waals surface area contributed by atoms with Crippen LogP contribution in [0, 0.1) is 11.8 Å². The summed E-state index contributed by atoms with van der Waals surface area (Å²) in [6.07, 6.45) is 17.1. The fraction of sp³-hybridized carbons (Fsp3) is 0.100. The Morgan fingerprint density at radius 2 is 1.40 bits per heavy atom. The van der Waals surface area contributed by atoms with E-state index in [4.69, 9.17) is 0 Å². The second kappa shape index (κ2) is 2.30. The predicted molar refractivity (Wildman–Crippen MR) is 43.3 cm³/mol. The summed E-state index contributed by atoms with van der Waals surface area (Å²) in [5.74, 6) is 1.93. The van der Waals surface area contributed by atoms with Crippen molar-refractivity contribution in [3.05, 3.63) is 54.5 Å². The highest BCUT2D eigenvalue weighted by Gasteiger charge is 2.14. The zero-order chi connectivity index (χ0) is 6.81. The van der Waals surface area contributed by atoms with Crippen LogP contribution in [0.4, 0.5) is 0 Å². The van der Waals surface area contributed by atoms with E-state index in [0.29, 0.717) is 5.92 Å². The maximum absolute atomic E-state index is 2.20. The summed E-state index contributed by atoms with van der Waals surface area (Å²) in [6.45, 7) is 0. The Morgan fingerprint density at radius 3 is 2.00 bits per heavy atom. The van der Waals surface area contributed by atoms with Gasteiger partial charge in [0.25, 0.3) is 0 Å². The van der Waals surface area contributed by atoms with Gasteiger partial charge in [-0.25, -0.2) is 0 Å². The first kappa shape index (κ1) is 5.72. The van der Waals surface area contributed by atoms with E-state index in [1.807, 2.05) is 0 Å². The zero-order valence-corrected chi connectivity index (χ0v) is 5.70. The lowest BCUT2D eigenvalue weighted by Crippen LogP contribution is -1.97. The van der Waals surface area contributed by atoms with E-state index in [2.05, 4.69) is 48.6 Å². The highest BCUT2D eigenvalue weighted by atomic mass is 14.2. The molecule has 0 heteroatoms. The number of hydrogen-bond donors (Lipinski definition) is 0. The van der Waals surface area contributed by atoms with Crippen LogP contribution < -0.4 is 0 Å². The van der Waals surface area contributed by atoms with E-state index >= 15 is 0 Å². The fourth-order valence-electron chi connectivity index (χ4n) is 1.27. The van der Waals surface area contributed by atoms with Crippen LogP contribution in [0.15, 0.2) is 48.6 Å². The van der Waals surface area contributed by atoms with Crippen molar-refractivity contribution in [2.24, 2.45) is 5.92 Å². The van der Waals surface area contributed by atoms with Gasteiger partial charge >= 0.3 is 0 Å². The van der Waals surface area contributed by atoms with Crippen molar-refractivity contribution in [2.45, 2.75) is 0 Å². The van der Waals surface area contributed by atoms with Crippen molar-refractivity contribution in [2.75, 3.05) is 0 Å². The zero-order valence-electron chi connectivity index (χ0n) is 5.70. The molecule has 0 bridgehead atoms. The second-order valence-corrected chi connectivity index (χ2v) is 2.51. The fourth-order valence-corrected chi connectivity index (χ4v) is 1.27. The predicted octanol–water partition coefficient (Wildman–Crippen LogP) is 2.43. The van der Waals surface area contributed by atoms with E-state index in [1.165, 1.54) is 5.92 Å². The molecule has 0 heterocycles. The van der Waals surface area contributed by atoms with Crippen LogP contribution in [0.25, 0.3) is 0 Å². The normalized spacial score (nSPS) is 23.6. The van der Waals surface area contributed by atoms with E-state index in [-0.39, 0.29) is 0 Å². The molecule has 2 aliphatic rings. The van der Waals surface area contributed by atoms with Crippen LogP contribution >= 0.6 is 0 Å². The Balaban J connectivity index is 2.12. The molecule has 0 atom stereocenters. The second-order valence-electron chi connectivity index (χ2n) is 2.51. The van der Waals surface area contributed by atoms with Gasteiger partial charge in [-0.3, -0.25) is 0 Å². The first-order valence-electron chi connectivity index (χ1n) is 3.53. The van der Waals surface area contributed by atoms with E-state index in [0.717, 1.165) is 0 Å². The summed E-state index contributed by atoms with van der Waals surface area (Å²) in [4.78, 5) is 0. The van der Waals surface area contributed by atoms with Gasteiger partial charge in [0.15, 0.2) is 0 Å². The van der Waals surface area contributed by atoms with Crippen molar-refractivity contribution in [1.82, 2.24) is 0 Å². The Bertz CT molecular complexity index is 178. The highest BCUT2D eigenvalue weighted by molar-refractivity contribution is 5.42. The maximum Gasteiger partial charge on any atom is 0.0300 e. The standard InChI is InChI=1S/C10H9/c1-2-6-9(5-1)10-7-3-4-8-10/h1-9H. The molecule has 0 N–H and O–H groups in total. The topological polar surface area (TPSA) is 0 Å². The quantitative estimate of drug-likeness (QED) is 0.510. The van der Waals surface area contributed by atoms with Crippen LogP contribution in [0.1, 0.15) is 0 Å². The molecule has 0 unspecified atom stereocenters. The Hall–Kier alpha value is -1.04. The molecular formula is C10H9. The lowest BCUT2D eigenvalue weighted by atomic mass is 9.96. The average Bonchev–Trinajstić information content (AvgIpc) is 2.59. The third kappa shape index (κ3) is 0.860. The Labute approximate surface area is 61.3 Å². The maximum atomic E-state index is 2.20. The molecule has 10 heavy (non-hydrogen) atoms. The van der Waals surface area contributed by atoms with Crippen molar-refractivity contribution >= 4 is 0 Å². The molecular weight excluding hydrogens is 120 g/mol.